The van der Waals surface area contributed by atoms with E-state index in [9.17, 15) is 0 Å². The first-order valence-corrected chi connectivity index (χ1v) is 2.96. The number of rotatable bonds is 0. The monoisotopic (exact) mass is 166 g/mol. The van der Waals surface area contributed by atoms with Gasteiger partial charge in [-0.2, -0.15) is 0 Å². The van der Waals surface area contributed by atoms with Crippen molar-refractivity contribution in [3.63, 3.8) is 0 Å². The summed E-state index contributed by atoms with van der Waals surface area (Å²) in [4.78, 5) is 8.56. The molecule has 0 spiro atoms. The number of carbonyl (C=O) groups is 1. The number of aliphatic hydroxyl groups is 2. The van der Waals surface area contributed by atoms with Crippen LogP contribution in [0.2, 0.25) is 0 Å². The first-order chi connectivity index (χ1) is 4.68. The molecular weight excluding hydrogens is 152 g/mol. The van der Waals surface area contributed by atoms with Gasteiger partial charge in [-0.25, -0.2) is 4.79 Å². The highest BCUT2D eigenvalue weighted by atomic mass is 16.6. The van der Waals surface area contributed by atoms with Crippen LogP contribution in [-0.4, -0.2) is 32.9 Å². The minimum absolute atomic E-state index is 0.389. The fourth-order valence-electron chi connectivity index (χ4n) is 0. The fraction of sp³-hybridized carbons (Fsp3) is 0.833. The summed E-state index contributed by atoms with van der Waals surface area (Å²) in [5.74, 6) is 0. The molecule has 0 aromatic rings. The van der Waals surface area contributed by atoms with Gasteiger partial charge in [-0.15, -0.1) is 0 Å². The van der Waals surface area contributed by atoms with Crippen LogP contribution in [0.1, 0.15) is 20.8 Å². The van der Waals surface area contributed by atoms with E-state index in [0.29, 0.717) is 0 Å². The highest BCUT2D eigenvalue weighted by Crippen LogP contribution is 2.15. The Morgan fingerprint density at radius 2 is 1.27 bits per heavy atom. The SMILES string of the molecule is CC(C)(C)C(O)O.O=C(O)O. The van der Waals surface area contributed by atoms with E-state index >= 15 is 0 Å². The van der Waals surface area contributed by atoms with E-state index in [-0.39, 0.29) is 5.41 Å². The molecule has 0 unspecified atom stereocenters. The standard InChI is InChI=1S/C5H12O2.CH2O3/c1-5(2,3)4(6)7;2-1(3)4/h4,6-7H,1-3H3;(H2,2,3,4). The van der Waals surface area contributed by atoms with Gasteiger partial charge >= 0.3 is 6.16 Å². The molecule has 4 N–H and O–H groups in total. The Hall–Kier alpha value is -0.810. The Bertz CT molecular complexity index is 109. The van der Waals surface area contributed by atoms with E-state index in [1.54, 1.807) is 20.8 Å². The van der Waals surface area contributed by atoms with Gasteiger partial charge in [0, 0.05) is 5.41 Å². The van der Waals surface area contributed by atoms with E-state index in [2.05, 4.69) is 0 Å². The Balaban J connectivity index is 0. The molecule has 0 fully saturated rings. The van der Waals surface area contributed by atoms with Crippen LogP contribution >= 0.6 is 0 Å². The normalized spacial score (nSPS) is 10.4. The summed E-state index contributed by atoms with van der Waals surface area (Å²) in [5, 5.41) is 30.8. The second-order valence-corrected chi connectivity index (χ2v) is 3.02. The lowest BCUT2D eigenvalue weighted by molar-refractivity contribution is -0.113. The number of hydrogen-bond acceptors (Lipinski definition) is 3. The van der Waals surface area contributed by atoms with Crippen molar-refractivity contribution in [2.45, 2.75) is 27.1 Å². The van der Waals surface area contributed by atoms with Gasteiger partial charge < -0.3 is 20.4 Å². The lowest BCUT2D eigenvalue weighted by Crippen LogP contribution is -2.24. The fourth-order valence-corrected chi connectivity index (χ4v) is 0. The van der Waals surface area contributed by atoms with Crippen LogP contribution in [0.5, 0.6) is 0 Å². The molecule has 0 saturated carbocycles. The van der Waals surface area contributed by atoms with Crippen LogP contribution in [0.4, 0.5) is 4.79 Å². The Labute approximate surface area is 64.9 Å². The van der Waals surface area contributed by atoms with Crippen molar-refractivity contribution in [3.8, 4) is 0 Å². The molecule has 0 amide bonds. The van der Waals surface area contributed by atoms with E-state index in [4.69, 9.17) is 25.2 Å². The first-order valence-electron chi connectivity index (χ1n) is 2.96. The van der Waals surface area contributed by atoms with Crippen LogP contribution in [0, 0.1) is 5.41 Å². The van der Waals surface area contributed by atoms with Crippen molar-refractivity contribution in [3.05, 3.63) is 0 Å². The molecule has 0 rings (SSSR count). The van der Waals surface area contributed by atoms with Crippen molar-refractivity contribution < 1.29 is 25.2 Å². The highest BCUT2D eigenvalue weighted by Gasteiger charge is 2.18. The molecule has 0 bridgehead atoms. The molecule has 0 aliphatic heterocycles. The van der Waals surface area contributed by atoms with Gasteiger partial charge in [0.25, 0.3) is 0 Å². The Kier molecular flexibility index (Phi) is 5.74. The maximum Gasteiger partial charge on any atom is 0.503 e. The maximum atomic E-state index is 8.56. The van der Waals surface area contributed by atoms with Gasteiger partial charge in [0.1, 0.15) is 0 Å². The van der Waals surface area contributed by atoms with Crippen LogP contribution < -0.4 is 0 Å². The minimum Gasteiger partial charge on any atom is -0.450 e. The van der Waals surface area contributed by atoms with Crippen LogP contribution in [-0.2, 0) is 0 Å². The molecule has 0 atom stereocenters. The summed E-state index contributed by atoms with van der Waals surface area (Å²) in [6.45, 7) is 5.28. The third-order valence-corrected chi connectivity index (χ3v) is 0.775. The maximum absolute atomic E-state index is 8.56. The Morgan fingerprint density at radius 3 is 1.27 bits per heavy atom. The molecule has 0 heterocycles. The van der Waals surface area contributed by atoms with Crippen molar-refractivity contribution in [2.24, 2.45) is 5.41 Å². The average molecular weight is 166 g/mol. The van der Waals surface area contributed by atoms with E-state index in [1.807, 2.05) is 0 Å². The van der Waals surface area contributed by atoms with Gasteiger partial charge in [0.05, 0.1) is 0 Å². The summed E-state index contributed by atoms with van der Waals surface area (Å²) < 4.78 is 0. The molecule has 0 aromatic carbocycles. The molecule has 0 aliphatic carbocycles. The summed E-state index contributed by atoms with van der Waals surface area (Å²) in [7, 11) is 0. The molecule has 0 aliphatic rings. The summed E-state index contributed by atoms with van der Waals surface area (Å²) >= 11 is 0. The zero-order valence-corrected chi connectivity index (χ0v) is 6.77. The van der Waals surface area contributed by atoms with Crippen molar-refractivity contribution >= 4 is 6.16 Å². The minimum atomic E-state index is -1.83. The average Bonchev–Trinajstić information content (AvgIpc) is 1.59. The van der Waals surface area contributed by atoms with E-state index in [0.717, 1.165) is 0 Å². The van der Waals surface area contributed by atoms with Crippen molar-refractivity contribution in [1.29, 1.82) is 0 Å². The molecule has 5 nitrogen and oxygen atoms in total. The molecule has 0 aromatic heterocycles. The predicted molar refractivity (Wildman–Crippen MR) is 38.3 cm³/mol. The number of hydrogen-bond donors (Lipinski definition) is 4. The van der Waals surface area contributed by atoms with Gasteiger partial charge in [-0.05, 0) is 0 Å². The molecule has 68 valence electrons. The number of aliphatic hydroxyl groups excluding tert-OH is 1. The van der Waals surface area contributed by atoms with Crippen molar-refractivity contribution in [1.82, 2.24) is 0 Å². The zero-order valence-electron chi connectivity index (χ0n) is 6.77. The molecule has 11 heavy (non-hydrogen) atoms. The van der Waals surface area contributed by atoms with E-state index < -0.39 is 12.4 Å². The summed E-state index contributed by atoms with van der Waals surface area (Å²) in [5.41, 5.74) is -0.389. The van der Waals surface area contributed by atoms with Gasteiger partial charge in [0.2, 0.25) is 0 Å². The third-order valence-electron chi connectivity index (χ3n) is 0.775. The van der Waals surface area contributed by atoms with Crippen LogP contribution in [0.3, 0.4) is 0 Å². The second-order valence-electron chi connectivity index (χ2n) is 3.02. The Morgan fingerprint density at radius 1 is 1.18 bits per heavy atom. The predicted octanol–water partition coefficient (Wildman–Crippen LogP) is 0.566. The summed E-state index contributed by atoms with van der Waals surface area (Å²) in [6.07, 6.45) is -3.03. The first kappa shape index (κ1) is 12.8. The topological polar surface area (TPSA) is 98.0 Å². The van der Waals surface area contributed by atoms with E-state index in [1.165, 1.54) is 0 Å². The highest BCUT2D eigenvalue weighted by molar-refractivity contribution is 5.53. The largest absolute Gasteiger partial charge is 0.503 e. The lowest BCUT2D eigenvalue weighted by atomic mass is 9.96. The quantitative estimate of drug-likeness (QED) is 0.394. The molecular formula is C6H14O5. The molecule has 0 saturated heterocycles. The smallest absolute Gasteiger partial charge is 0.450 e. The van der Waals surface area contributed by atoms with Gasteiger partial charge in [0.15, 0.2) is 6.29 Å². The second kappa shape index (κ2) is 4.92. The van der Waals surface area contributed by atoms with Crippen LogP contribution in [0.15, 0.2) is 0 Å². The van der Waals surface area contributed by atoms with Crippen molar-refractivity contribution in [2.75, 3.05) is 0 Å². The van der Waals surface area contributed by atoms with Gasteiger partial charge in [-0.3, -0.25) is 0 Å². The zero-order chi connectivity index (χ0) is 9.65. The molecule has 5 heteroatoms. The van der Waals surface area contributed by atoms with Crippen LogP contribution in [0.25, 0.3) is 0 Å². The third kappa shape index (κ3) is 17.6. The molecule has 0 radical (unpaired) electrons. The lowest BCUT2D eigenvalue weighted by Gasteiger charge is -2.19. The summed E-state index contributed by atoms with van der Waals surface area (Å²) in [6, 6.07) is 0. The van der Waals surface area contributed by atoms with Gasteiger partial charge in [-0.1, -0.05) is 20.8 Å². The number of carboxylic acid groups (broad SMARTS) is 2.